The van der Waals surface area contributed by atoms with Gasteiger partial charge < -0.3 is 14.2 Å². The average Bonchev–Trinajstić information content (AvgIpc) is 3.31. The van der Waals surface area contributed by atoms with Crippen LogP contribution < -0.4 is 0 Å². The van der Waals surface area contributed by atoms with Gasteiger partial charge in [-0.15, -0.1) is 0 Å². The van der Waals surface area contributed by atoms with E-state index in [1.807, 2.05) is 128 Å². The number of hydrogen-bond acceptors (Lipinski definition) is 6. The lowest BCUT2D eigenvalue weighted by Gasteiger charge is -2.18. The van der Waals surface area contributed by atoms with Crippen molar-refractivity contribution >= 4 is 17.9 Å². The van der Waals surface area contributed by atoms with E-state index in [2.05, 4.69) is 87.6 Å². The highest BCUT2D eigenvalue weighted by molar-refractivity contribution is 5.71. The molecule has 0 aromatic heterocycles. The highest BCUT2D eigenvalue weighted by Gasteiger charge is 2.19. The Labute approximate surface area is 401 Å². The second kappa shape index (κ2) is 51.9. The number of esters is 3. The Morgan fingerprint density at radius 2 is 0.636 bits per heavy atom. The Morgan fingerprint density at radius 3 is 1.06 bits per heavy atom. The summed E-state index contributed by atoms with van der Waals surface area (Å²) in [4.78, 5) is 37.9. The minimum atomic E-state index is -0.855. The lowest BCUT2D eigenvalue weighted by Crippen LogP contribution is -2.30. The molecule has 0 amide bonds. The molecule has 0 radical (unpaired) electrons. The van der Waals surface area contributed by atoms with Crippen molar-refractivity contribution in [1.82, 2.24) is 0 Å². The van der Waals surface area contributed by atoms with Gasteiger partial charge in [-0.25, -0.2) is 0 Å². The van der Waals surface area contributed by atoms with Crippen LogP contribution in [-0.2, 0) is 28.6 Å². The van der Waals surface area contributed by atoms with Crippen LogP contribution in [0.25, 0.3) is 0 Å². The third-order valence-electron chi connectivity index (χ3n) is 9.15. The smallest absolute Gasteiger partial charge is 0.306 e. The molecule has 0 aliphatic carbocycles. The molecule has 0 aliphatic heterocycles. The van der Waals surface area contributed by atoms with Crippen LogP contribution in [0.15, 0.2) is 194 Å². The summed E-state index contributed by atoms with van der Waals surface area (Å²) in [6.07, 6.45) is 79.9. The molecule has 0 rings (SSSR count). The van der Waals surface area contributed by atoms with Crippen molar-refractivity contribution in [2.45, 2.75) is 149 Å². The van der Waals surface area contributed by atoms with Gasteiger partial charge in [0.15, 0.2) is 6.10 Å². The topological polar surface area (TPSA) is 78.9 Å². The summed E-state index contributed by atoms with van der Waals surface area (Å²) in [5.74, 6) is -1.12. The molecule has 1 unspecified atom stereocenters. The van der Waals surface area contributed by atoms with Gasteiger partial charge in [-0.3, -0.25) is 14.4 Å². The molecular weight excluding hydrogens is 817 g/mol. The van der Waals surface area contributed by atoms with Crippen molar-refractivity contribution in [2.75, 3.05) is 13.2 Å². The summed E-state index contributed by atoms with van der Waals surface area (Å²) in [5, 5.41) is 0. The Balaban J connectivity index is 4.70. The quantitative estimate of drug-likeness (QED) is 0.0200. The summed E-state index contributed by atoms with van der Waals surface area (Å²) in [7, 11) is 0. The number of carbonyl (C=O) groups excluding carboxylic acids is 3. The molecule has 0 aromatic rings. The van der Waals surface area contributed by atoms with Crippen LogP contribution in [-0.4, -0.2) is 37.2 Å². The summed E-state index contributed by atoms with van der Waals surface area (Å²) < 4.78 is 16.6. The first-order chi connectivity index (χ1) is 32.5. The molecule has 0 aromatic carbocycles. The monoisotopic (exact) mass is 901 g/mol. The average molecular weight is 901 g/mol. The zero-order chi connectivity index (χ0) is 47.9. The normalized spacial score (nSPS) is 13.8. The minimum absolute atomic E-state index is 0.150. The summed E-state index contributed by atoms with van der Waals surface area (Å²) in [5.41, 5.74) is 0. The number of unbranched alkanes of at least 4 members (excludes halogenated alkanes) is 7. The molecule has 0 saturated heterocycles. The predicted octanol–water partition coefficient (Wildman–Crippen LogP) is 16.4. The van der Waals surface area contributed by atoms with Gasteiger partial charge in [-0.1, -0.05) is 228 Å². The van der Waals surface area contributed by atoms with E-state index < -0.39 is 6.10 Å². The van der Waals surface area contributed by atoms with Crippen molar-refractivity contribution < 1.29 is 28.6 Å². The Kier molecular flexibility index (Phi) is 47.4. The van der Waals surface area contributed by atoms with E-state index >= 15 is 0 Å². The Morgan fingerprint density at radius 1 is 0.318 bits per heavy atom. The molecule has 6 heteroatoms. The van der Waals surface area contributed by atoms with Crippen molar-refractivity contribution in [3.05, 3.63) is 194 Å². The van der Waals surface area contributed by atoms with Gasteiger partial charge in [0.25, 0.3) is 0 Å². The highest BCUT2D eigenvalue weighted by atomic mass is 16.6. The zero-order valence-electron chi connectivity index (χ0n) is 40.9. The molecule has 0 bridgehead atoms. The SMILES string of the molecule is CC\C=C/C=C\C=C/C=C\C=C/CCCC(=O)OCC(COC(=O)CCCCC\C=C/C=C\C=C\C=C/C=C\C=C/C=C\CC)OC(=O)CCCCC/C=C\C/C=C\C/C=C\C/C=C\CC. The largest absolute Gasteiger partial charge is 0.462 e. The van der Waals surface area contributed by atoms with Crippen LogP contribution in [0.1, 0.15) is 143 Å². The maximum atomic E-state index is 12.8. The van der Waals surface area contributed by atoms with Crippen LogP contribution in [0.2, 0.25) is 0 Å². The van der Waals surface area contributed by atoms with Gasteiger partial charge in [-0.05, 0) is 89.9 Å². The predicted molar refractivity (Wildman–Crippen MR) is 283 cm³/mol. The number of rotatable bonds is 40. The minimum Gasteiger partial charge on any atom is -0.462 e. The van der Waals surface area contributed by atoms with E-state index in [0.717, 1.165) is 83.5 Å². The Hall–Kier alpha value is -5.75. The first-order valence-corrected chi connectivity index (χ1v) is 24.6. The third-order valence-corrected chi connectivity index (χ3v) is 9.15. The summed E-state index contributed by atoms with van der Waals surface area (Å²) >= 11 is 0. The van der Waals surface area contributed by atoms with E-state index in [4.69, 9.17) is 14.2 Å². The Bertz CT molecular complexity index is 1690. The molecular formula is C60H84O6. The molecule has 6 nitrogen and oxygen atoms in total. The van der Waals surface area contributed by atoms with Crippen LogP contribution in [0.5, 0.6) is 0 Å². The van der Waals surface area contributed by atoms with Gasteiger partial charge in [0.05, 0.1) is 0 Å². The van der Waals surface area contributed by atoms with Crippen LogP contribution >= 0.6 is 0 Å². The van der Waals surface area contributed by atoms with E-state index in [1.54, 1.807) is 0 Å². The van der Waals surface area contributed by atoms with Crippen molar-refractivity contribution in [3.63, 3.8) is 0 Å². The lowest BCUT2D eigenvalue weighted by atomic mass is 10.1. The fraction of sp³-hybridized carbons (Fsp3) is 0.417. The molecule has 0 fully saturated rings. The maximum absolute atomic E-state index is 12.8. The molecule has 66 heavy (non-hydrogen) atoms. The molecule has 0 N–H and O–H groups in total. The fourth-order valence-corrected chi connectivity index (χ4v) is 5.56. The second-order valence-electron chi connectivity index (χ2n) is 15.2. The van der Waals surface area contributed by atoms with E-state index in [0.29, 0.717) is 19.3 Å². The second-order valence-corrected chi connectivity index (χ2v) is 15.2. The van der Waals surface area contributed by atoms with E-state index in [1.165, 1.54) is 0 Å². The molecule has 0 heterocycles. The fourth-order valence-electron chi connectivity index (χ4n) is 5.56. The maximum Gasteiger partial charge on any atom is 0.306 e. The van der Waals surface area contributed by atoms with Crippen molar-refractivity contribution in [3.8, 4) is 0 Å². The van der Waals surface area contributed by atoms with Gasteiger partial charge in [0.2, 0.25) is 0 Å². The highest BCUT2D eigenvalue weighted by Crippen LogP contribution is 2.10. The summed E-state index contributed by atoms with van der Waals surface area (Å²) in [6, 6.07) is 0. The summed E-state index contributed by atoms with van der Waals surface area (Å²) in [6.45, 7) is 6.05. The number of ether oxygens (including phenoxy) is 3. The number of carbonyl (C=O) groups is 3. The first kappa shape index (κ1) is 60.2. The molecule has 0 aliphatic rings. The third kappa shape index (κ3) is 49.3. The van der Waals surface area contributed by atoms with Crippen LogP contribution in [0.3, 0.4) is 0 Å². The van der Waals surface area contributed by atoms with Gasteiger partial charge in [0.1, 0.15) is 13.2 Å². The molecule has 360 valence electrons. The van der Waals surface area contributed by atoms with Gasteiger partial charge in [-0.2, -0.15) is 0 Å². The molecule has 1 atom stereocenters. The van der Waals surface area contributed by atoms with Crippen LogP contribution in [0, 0.1) is 0 Å². The van der Waals surface area contributed by atoms with E-state index in [-0.39, 0.29) is 50.4 Å². The van der Waals surface area contributed by atoms with Crippen LogP contribution in [0.4, 0.5) is 0 Å². The number of hydrogen-bond donors (Lipinski definition) is 0. The first-order valence-electron chi connectivity index (χ1n) is 24.6. The molecule has 0 spiro atoms. The zero-order valence-corrected chi connectivity index (χ0v) is 40.9. The standard InChI is InChI=1S/C60H84O6/c1-4-7-10-13-16-19-22-25-27-29-30-31-33-35-38-41-44-47-50-53-59(62)65-56-57(55-64-58(61)52-49-46-43-40-37-34-24-21-18-15-12-9-6-3)66-60(63)54-51-48-45-42-39-36-32-28-26-23-20-17-14-11-8-5-2/h7-13,15-22,24-31,33-40,43,57H,4-6,14,23,32,41-42,44-56H2,1-3H3/b10-7-,11-8-,12-9-,16-13-,18-15-,20-17-,22-19-,24-21-,27-25-,28-26-,30-29+,33-31-,37-34-,38-35-,39-36-,43-40-. The molecule has 0 saturated carbocycles. The van der Waals surface area contributed by atoms with E-state index in [9.17, 15) is 14.4 Å². The van der Waals surface area contributed by atoms with Gasteiger partial charge >= 0.3 is 17.9 Å². The van der Waals surface area contributed by atoms with Crippen molar-refractivity contribution in [1.29, 1.82) is 0 Å². The number of allylic oxidation sites excluding steroid dienone is 32. The van der Waals surface area contributed by atoms with Crippen molar-refractivity contribution in [2.24, 2.45) is 0 Å². The lowest BCUT2D eigenvalue weighted by molar-refractivity contribution is -0.167. The van der Waals surface area contributed by atoms with Gasteiger partial charge in [0, 0.05) is 19.3 Å².